The van der Waals surface area contributed by atoms with Gasteiger partial charge in [0.15, 0.2) is 9.84 Å². The van der Waals surface area contributed by atoms with Crippen molar-refractivity contribution >= 4 is 37.6 Å². The van der Waals surface area contributed by atoms with Gasteiger partial charge >= 0.3 is 0 Å². The van der Waals surface area contributed by atoms with E-state index in [9.17, 15) is 13.2 Å². The summed E-state index contributed by atoms with van der Waals surface area (Å²) in [6.07, 6.45) is 4.39. The Bertz CT molecular complexity index is 1400. The fourth-order valence-corrected chi connectivity index (χ4v) is 5.20. The molecule has 160 valence electrons. The van der Waals surface area contributed by atoms with E-state index in [4.69, 9.17) is 5.73 Å². The van der Waals surface area contributed by atoms with Crippen LogP contribution in [0.25, 0.3) is 21.8 Å². The van der Waals surface area contributed by atoms with Crippen LogP contribution in [0.5, 0.6) is 0 Å². The molecule has 0 atom stereocenters. The Morgan fingerprint density at radius 2 is 1.77 bits per heavy atom. The lowest BCUT2D eigenvalue weighted by molar-refractivity contribution is 0.100. The number of unbranched alkanes of at least 4 members (excludes halogenated alkanes) is 1. The van der Waals surface area contributed by atoms with E-state index < -0.39 is 15.7 Å². The van der Waals surface area contributed by atoms with Crippen LogP contribution >= 0.6 is 0 Å². The van der Waals surface area contributed by atoms with Crippen LogP contribution in [0.2, 0.25) is 0 Å². The van der Waals surface area contributed by atoms with Gasteiger partial charge in [-0.3, -0.25) is 4.79 Å². The van der Waals surface area contributed by atoms with Gasteiger partial charge in [0.25, 0.3) is 0 Å². The highest BCUT2D eigenvalue weighted by atomic mass is 32.2. The first kappa shape index (κ1) is 21.1. The lowest BCUT2D eigenvalue weighted by Gasteiger charge is -2.12. The number of carbonyl (C=O) groups is 1. The third-order valence-electron chi connectivity index (χ3n) is 5.74. The van der Waals surface area contributed by atoms with Crippen LogP contribution in [0.3, 0.4) is 0 Å². The molecule has 5 nitrogen and oxygen atoms in total. The summed E-state index contributed by atoms with van der Waals surface area (Å²) in [4.78, 5) is 12.5. The van der Waals surface area contributed by atoms with Gasteiger partial charge in [0.05, 0.1) is 10.4 Å². The summed E-state index contributed by atoms with van der Waals surface area (Å²) in [6, 6.07) is 18.9. The van der Waals surface area contributed by atoms with Gasteiger partial charge in [-0.15, -0.1) is 0 Å². The topological polar surface area (TPSA) is 82.2 Å². The van der Waals surface area contributed by atoms with Crippen LogP contribution in [0.1, 0.15) is 41.3 Å². The molecule has 0 radical (unpaired) electrons. The molecule has 0 saturated carbocycles. The van der Waals surface area contributed by atoms with Crippen molar-refractivity contribution in [3.8, 4) is 0 Å². The summed E-state index contributed by atoms with van der Waals surface area (Å²) >= 11 is 0. The molecule has 0 fully saturated rings. The predicted molar refractivity (Wildman–Crippen MR) is 125 cm³/mol. The van der Waals surface area contributed by atoms with Crippen LogP contribution in [0.4, 0.5) is 0 Å². The van der Waals surface area contributed by atoms with E-state index in [2.05, 4.69) is 23.6 Å². The van der Waals surface area contributed by atoms with E-state index in [1.807, 2.05) is 30.3 Å². The number of sulfone groups is 1. The molecule has 3 aromatic carbocycles. The first-order valence-electron chi connectivity index (χ1n) is 10.4. The molecule has 0 aliphatic heterocycles. The van der Waals surface area contributed by atoms with Crippen molar-refractivity contribution in [2.75, 3.05) is 6.26 Å². The van der Waals surface area contributed by atoms with Gasteiger partial charge in [0.2, 0.25) is 5.91 Å². The van der Waals surface area contributed by atoms with Gasteiger partial charge in [-0.2, -0.15) is 0 Å². The number of benzene rings is 3. The van der Waals surface area contributed by atoms with E-state index in [0.29, 0.717) is 22.6 Å². The fraction of sp³-hybridized carbons (Fsp3) is 0.240. The molecule has 1 aromatic heterocycles. The van der Waals surface area contributed by atoms with Crippen molar-refractivity contribution in [1.82, 2.24) is 4.57 Å². The minimum Gasteiger partial charge on any atom is -0.366 e. The Labute approximate surface area is 182 Å². The zero-order chi connectivity index (χ0) is 22.2. The summed E-state index contributed by atoms with van der Waals surface area (Å²) in [7, 11) is -3.37. The lowest BCUT2D eigenvalue weighted by atomic mass is 10.0. The quantitative estimate of drug-likeness (QED) is 0.458. The number of nitrogens with two attached hydrogens (primary N) is 1. The van der Waals surface area contributed by atoms with Crippen LogP contribution in [0.15, 0.2) is 65.6 Å². The summed E-state index contributed by atoms with van der Waals surface area (Å²) in [5.41, 5.74) is 9.92. The molecule has 0 aliphatic carbocycles. The summed E-state index contributed by atoms with van der Waals surface area (Å²) < 4.78 is 26.8. The molecule has 0 unspecified atom stereocenters. The Hall–Kier alpha value is -3.12. The van der Waals surface area contributed by atoms with Crippen LogP contribution in [-0.2, 0) is 22.8 Å². The molecule has 4 aromatic rings. The SMILES string of the molecule is CCCCc1ccc2c3c(C(N)=O)cccc3n(Cc3ccccc3S(C)(=O)=O)c2c1. The zero-order valence-electron chi connectivity index (χ0n) is 17.8. The molecule has 2 N–H and O–H groups in total. The molecule has 6 heteroatoms. The monoisotopic (exact) mass is 434 g/mol. The average Bonchev–Trinajstić information content (AvgIpc) is 3.05. The van der Waals surface area contributed by atoms with Gasteiger partial charge in [-0.25, -0.2) is 8.42 Å². The van der Waals surface area contributed by atoms with E-state index >= 15 is 0 Å². The second-order valence-electron chi connectivity index (χ2n) is 7.99. The van der Waals surface area contributed by atoms with Gasteiger partial charge in [-0.05, 0) is 48.2 Å². The molecule has 1 amide bonds. The maximum Gasteiger partial charge on any atom is 0.249 e. The minimum absolute atomic E-state index is 0.318. The number of hydrogen-bond donors (Lipinski definition) is 1. The van der Waals surface area contributed by atoms with E-state index in [-0.39, 0.29) is 0 Å². The van der Waals surface area contributed by atoms with Gasteiger partial charge < -0.3 is 10.3 Å². The van der Waals surface area contributed by atoms with Crippen molar-refractivity contribution in [3.63, 3.8) is 0 Å². The number of primary amides is 1. The third kappa shape index (κ3) is 3.95. The second-order valence-corrected chi connectivity index (χ2v) is 9.97. The van der Waals surface area contributed by atoms with Crippen molar-refractivity contribution in [2.45, 2.75) is 37.6 Å². The minimum atomic E-state index is -3.37. The summed E-state index contributed by atoms with van der Waals surface area (Å²) in [5, 5.41) is 1.75. The molecule has 31 heavy (non-hydrogen) atoms. The van der Waals surface area contributed by atoms with Crippen molar-refractivity contribution in [3.05, 3.63) is 77.4 Å². The number of nitrogens with zero attached hydrogens (tertiary/aromatic N) is 1. The first-order valence-corrected chi connectivity index (χ1v) is 12.3. The Kier molecular flexibility index (Phi) is 5.58. The molecular weight excluding hydrogens is 408 g/mol. The highest BCUT2D eigenvalue weighted by Crippen LogP contribution is 2.34. The number of aromatic nitrogens is 1. The largest absolute Gasteiger partial charge is 0.366 e. The fourth-order valence-electron chi connectivity index (χ4n) is 4.27. The molecular formula is C25H26N2O3S. The maximum absolute atomic E-state index is 12.4. The van der Waals surface area contributed by atoms with Gasteiger partial charge in [0, 0.05) is 34.7 Å². The summed E-state index contributed by atoms with van der Waals surface area (Å²) in [5.74, 6) is -0.476. The third-order valence-corrected chi connectivity index (χ3v) is 6.94. The van der Waals surface area contributed by atoms with E-state index in [0.717, 1.165) is 41.1 Å². The van der Waals surface area contributed by atoms with Gasteiger partial charge in [-0.1, -0.05) is 49.7 Å². The van der Waals surface area contributed by atoms with Crippen molar-refractivity contribution < 1.29 is 13.2 Å². The van der Waals surface area contributed by atoms with Crippen LogP contribution in [0, 0.1) is 0 Å². The number of fused-ring (bicyclic) bond motifs is 3. The van der Waals surface area contributed by atoms with Crippen molar-refractivity contribution in [2.24, 2.45) is 5.73 Å². The number of rotatable bonds is 7. The van der Waals surface area contributed by atoms with E-state index in [1.165, 1.54) is 11.8 Å². The lowest BCUT2D eigenvalue weighted by Crippen LogP contribution is -2.11. The normalized spacial score (nSPS) is 11.9. The van der Waals surface area contributed by atoms with E-state index in [1.54, 1.807) is 18.2 Å². The average molecular weight is 435 g/mol. The maximum atomic E-state index is 12.4. The highest BCUT2D eigenvalue weighted by Gasteiger charge is 2.19. The number of aryl methyl sites for hydroxylation is 1. The molecule has 0 spiro atoms. The number of carbonyl (C=O) groups excluding carboxylic acids is 1. The summed E-state index contributed by atoms with van der Waals surface area (Å²) in [6.45, 7) is 2.54. The van der Waals surface area contributed by atoms with Crippen LogP contribution in [-0.4, -0.2) is 25.1 Å². The Morgan fingerprint density at radius 3 is 2.48 bits per heavy atom. The van der Waals surface area contributed by atoms with Gasteiger partial charge in [0.1, 0.15) is 0 Å². The Balaban J connectivity index is 2.01. The smallest absolute Gasteiger partial charge is 0.249 e. The standard InChI is InChI=1S/C25H26N2O3S/c1-3-4-8-17-13-14-19-22(15-17)27(21-11-7-10-20(24(19)21)25(26)28)16-18-9-5-6-12-23(18)31(2,29)30/h5-7,9-15H,3-4,8,16H2,1-2H3,(H2,26,28). The molecule has 1 heterocycles. The molecule has 4 rings (SSSR count). The number of hydrogen-bond acceptors (Lipinski definition) is 3. The second kappa shape index (κ2) is 8.19. The predicted octanol–water partition coefficient (Wildman–Crippen LogP) is 4.69. The molecule has 0 aliphatic rings. The Morgan fingerprint density at radius 1 is 1.00 bits per heavy atom. The first-order chi connectivity index (χ1) is 14.8. The molecule has 0 bridgehead atoms. The molecule has 0 saturated heterocycles. The highest BCUT2D eigenvalue weighted by molar-refractivity contribution is 7.90. The van der Waals surface area contributed by atoms with Crippen LogP contribution < -0.4 is 5.73 Å². The zero-order valence-corrected chi connectivity index (χ0v) is 18.6. The van der Waals surface area contributed by atoms with Crippen molar-refractivity contribution in [1.29, 1.82) is 0 Å². The number of amides is 1.